The lowest BCUT2D eigenvalue weighted by molar-refractivity contribution is 0.00537. The van der Waals surface area contributed by atoms with E-state index in [0.717, 1.165) is 44.7 Å². The van der Waals surface area contributed by atoms with Crippen molar-refractivity contribution in [3.05, 3.63) is 35.9 Å². The van der Waals surface area contributed by atoms with Crippen LogP contribution in [0.4, 0.5) is 0 Å². The lowest BCUT2D eigenvalue weighted by Crippen LogP contribution is -2.52. The predicted octanol–water partition coefficient (Wildman–Crippen LogP) is 1.31. The molecule has 0 amide bonds. The topological polar surface area (TPSA) is 49.9 Å². The van der Waals surface area contributed by atoms with E-state index in [1.807, 2.05) is 30.3 Å². The third-order valence-electron chi connectivity index (χ3n) is 4.51. The summed E-state index contributed by atoms with van der Waals surface area (Å²) in [6.45, 7) is 4.61. The number of hydrogen-bond donors (Lipinski definition) is 0. The highest BCUT2D eigenvalue weighted by Crippen LogP contribution is 2.21. The molecule has 0 radical (unpaired) electrons. The van der Waals surface area contributed by atoms with Gasteiger partial charge in [-0.3, -0.25) is 4.90 Å². The first kappa shape index (κ1) is 15.9. The molecule has 1 aromatic rings. The fourth-order valence-electron chi connectivity index (χ4n) is 3.29. The Bertz CT molecular complexity index is 570. The number of nitrogens with zero attached hydrogens (tertiary/aromatic N) is 2. The van der Waals surface area contributed by atoms with Crippen molar-refractivity contribution in [1.29, 1.82) is 0 Å². The number of ether oxygens (including phenoxy) is 1. The van der Waals surface area contributed by atoms with E-state index in [-0.39, 0.29) is 5.75 Å². The van der Waals surface area contributed by atoms with Crippen molar-refractivity contribution in [2.75, 3.05) is 39.4 Å². The Morgan fingerprint density at radius 3 is 2.55 bits per heavy atom. The number of morpholine rings is 1. The van der Waals surface area contributed by atoms with E-state index in [4.69, 9.17) is 4.74 Å². The van der Waals surface area contributed by atoms with Crippen LogP contribution in [0.2, 0.25) is 0 Å². The number of piperidine rings is 1. The minimum Gasteiger partial charge on any atom is -0.379 e. The van der Waals surface area contributed by atoms with Crippen molar-refractivity contribution >= 4 is 10.0 Å². The highest BCUT2D eigenvalue weighted by molar-refractivity contribution is 7.88. The maximum absolute atomic E-state index is 12.7. The van der Waals surface area contributed by atoms with Crippen molar-refractivity contribution < 1.29 is 13.2 Å². The summed E-state index contributed by atoms with van der Waals surface area (Å²) in [6.07, 6.45) is 2.02. The summed E-state index contributed by atoms with van der Waals surface area (Å²) in [6, 6.07) is 9.77. The molecule has 0 N–H and O–H groups in total. The Hall–Kier alpha value is -0.950. The van der Waals surface area contributed by atoms with Gasteiger partial charge in [0.05, 0.1) is 19.0 Å². The summed E-state index contributed by atoms with van der Waals surface area (Å²) in [5.41, 5.74) is 0.857. The molecule has 6 heteroatoms. The zero-order chi connectivity index (χ0) is 15.4. The molecule has 0 saturated carbocycles. The second-order valence-electron chi connectivity index (χ2n) is 6.04. The predicted molar refractivity (Wildman–Crippen MR) is 86.1 cm³/mol. The van der Waals surface area contributed by atoms with Gasteiger partial charge in [0, 0.05) is 32.2 Å². The van der Waals surface area contributed by atoms with Gasteiger partial charge in [0.15, 0.2) is 0 Å². The van der Waals surface area contributed by atoms with Crippen LogP contribution >= 0.6 is 0 Å². The van der Waals surface area contributed by atoms with Crippen LogP contribution in [-0.4, -0.2) is 63.1 Å². The van der Waals surface area contributed by atoms with Gasteiger partial charge in [-0.15, -0.1) is 0 Å². The average Bonchev–Trinajstić information content (AvgIpc) is 2.56. The van der Waals surface area contributed by atoms with Crippen molar-refractivity contribution in [3.8, 4) is 0 Å². The highest BCUT2D eigenvalue weighted by atomic mass is 32.2. The van der Waals surface area contributed by atoms with Crippen LogP contribution in [0.15, 0.2) is 30.3 Å². The molecule has 5 nitrogen and oxygen atoms in total. The molecule has 1 atom stereocenters. The molecule has 2 saturated heterocycles. The van der Waals surface area contributed by atoms with Gasteiger partial charge < -0.3 is 4.74 Å². The lowest BCUT2D eigenvalue weighted by atomic mass is 10.1. The Labute approximate surface area is 132 Å². The summed E-state index contributed by atoms with van der Waals surface area (Å²) in [7, 11) is -3.23. The maximum atomic E-state index is 12.7. The Balaban J connectivity index is 1.65. The molecule has 122 valence electrons. The summed E-state index contributed by atoms with van der Waals surface area (Å²) in [5.74, 6) is 0.101. The van der Waals surface area contributed by atoms with Gasteiger partial charge in [-0.05, 0) is 18.4 Å². The van der Waals surface area contributed by atoms with Crippen molar-refractivity contribution in [3.63, 3.8) is 0 Å². The molecule has 0 bridgehead atoms. The third-order valence-corrected chi connectivity index (χ3v) is 6.32. The first-order valence-corrected chi connectivity index (χ1v) is 9.59. The molecule has 2 aliphatic rings. The highest BCUT2D eigenvalue weighted by Gasteiger charge is 2.32. The van der Waals surface area contributed by atoms with Gasteiger partial charge in [-0.2, -0.15) is 0 Å². The lowest BCUT2D eigenvalue weighted by Gasteiger charge is -2.40. The number of benzene rings is 1. The third kappa shape index (κ3) is 3.87. The smallest absolute Gasteiger partial charge is 0.218 e. The van der Waals surface area contributed by atoms with Crippen LogP contribution in [-0.2, 0) is 20.5 Å². The summed E-state index contributed by atoms with van der Waals surface area (Å²) in [5, 5.41) is 0. The molecule has 0 unspecified atom stereocenters. The van der Waals surface area contributed by atoms with E-state index in [2.05, 4.69) is 4.90 Å². The first-order chi connectivity index (χ1) is 10.6. The van der Waals surface area contributed by atoms with E-state index >= 15 is 0 Å². The molecule has 22 heavy (non-hydrogen) atoms. The van der Waals surface area contributed by atoms with E-state index in [9.17, 15) is 8.42 Å². The molecule has 0 aromatic heterocycles. The quantitative estimate of drug-likeness (QED) is 0.838. The number of rotatable bonds is 4. The minimum atomic E-state index is -3.23. The normalized spacial score (nSPS) is 25.2. The molecule has 2 fully saturated rings. The molecule has 0 aliphatic carbocycles. The number of hydrogen-bond acceptors (Lipinski definition) is 4. The monoisotopic (exact) mass is 324 g/mol. The minimum absolute atomic E-state index is 0.101. The van der Waals surface area contributed by atoms with Gasteiger partial charge in [0.1, 0.15) is 0 Å². The Morgan fingerprint density at radius 1 is 1.09 bits per heavy atom. The zero-order valence-electron chi connectivity index (χ0n) is 12.9. The van der Waals surface area contributed by atoms with Crippen molar-refractivity contribution in [1.82, 2.24) is 9.21 Å². The van der Waals surface area contributed by atoms with E-state index in [0.29, 0.717) is 19.1 Å². The van der Waals surface area contributed by atoms with Crippen LogP contribution in [0.25, 0.3) is 0 Å². The zero-order valence-corrected chi connectivity index (χ0v) is 13.7. The van der Waals surface area contributed by atoms with Crippen LogP contribution in [0.1, 0.15) is 18.4 Å². The second-order valence-corrected chi connectivity index (χ2v) is 8.01. The van der Waals surface area contributed by atoms with Crippen molar-refractivity contribution in [2.24, 2.45) is 0 Å². The van der Waals surface area contributed by atoms with Gasteiger partial charge in [0.25, 0.3) is 0 Å². The molecule has 1 aromatic carbocycles. The Morgan fingerprint density at radius 2 is 1.82 bits per heavy atom. The standard InChI is InChI=1S/C16H24N2O3S/c19-22(20,14-15-5-2-1-3-6-15)18-8-4-7-16(13-18)17-9-11-21-12-10-17/h1-3,5-6,16H,4,7-14H2/t16-/m1/s1. The van der Waals surface area contributed by atoms with Crippen LogP contribution < -0.4 is 0 Å². The van der Waals surface area contributed by atoms with Crippen molar-refractivity contribution in [2.45, 2.75) is 24.6 Å². The summed E-state index contributed by atoms with van der Waals surface area (Å²) < 4.78 is 32.4. The maximum Gasteiger partial charge on any atom is 0.218 e. The Kier molecular flexibility index (Phi) is 5.13. The molecular formula is C16H24N2O3S. The van der Waals surface area contributed by atoms with Gasteiger partial charge in [-0.1, -0.05) is 30.3 Å². The van der Waals surface area contributed by atoms with E-state index in [1.54, 1.807) is 4.31 Å². The molecule has 2 aliphatic heterocycles. The van der Waals surface area contributed by atoms with Crippen LogP contribution in [0.5, 0.6) is 0 Å². The first-order valence-electron chi connectivity index (χ1n) is 7.99. The molecular weight excluding hydrogens is 300 g/mol. The fourth-order valence-corrected chi connectivity index (χ4v) is 4.89. The van der Waals surface area contributed by atoms with Gasteiger partial charge in [-0.25, -0.2) is 12.7 Å². The second kappa shape index (κ2) is 7.08. The summed E-state index contributed by atoms with van der Waals surface area (Å²) >= 11 is 0. The molecule has 2 heterocycles. The van der Waals surface area contributed by atoms with E-state index in [1.165, 1.54) is 0 Å². The average molecular weight is 324 g/mol. The summed E-state index contributed by atoms with van der Waals surface area (Å²) in [4.78, 5) is 2.38. The van der Waals surface area contributed by atoms with Gasteiger partial charge >= 0.3 is 0 Å². The fraction of sp³-hybridized carbons (Fsp3) is 0.625. The largest absolute Gasteiger partial charge is 0.379 e. The van der Waals surface area contributed by atoms with E-state index < -0.39 is 10.0 Å². The number of sulfonamides is 1. The van der Waals surface area contributed by atoms with Crippen LogP contribution in [0.3, 0.4) is 0 Å². The molecule has 3 rings (SSSR count). The van der Waals surface area contributed by atoms with Gasteiger partial charge in [0.2, 0.25) is 10.0 Å². The van der Waals surface area contributed by atoms with Crippen LogP contribution in [0, 0.1) is 0 Å². The SMILES string of the molecule is O=S(=O)(Cc1ccccc1)N1CCC[C@@H](N2CCOCC2)C1. The molecule has 0 spiro atoms.